The van der Waals surface area contributed by atoms with E-state index in [0.717, 1.165) is 11.3 Å². The molecule has 5 nitrogen and oxygen atoms in total. The molecule has 0 N–H and O–H groups in total. The summed E-state index contributed by atoms with van der Waals surface area (Å²) in [4.78, 5) is 23.8. The molecule has 0 radical (unpaired) electrons. The Morgan fingerprint density at radius 1 is 1.17 bits per heavy atom. The molecule has 0 saturated heterocycles. The van der Waals surface area contributed by atoms with Crippen molar-refractivity contribution in [3.8, 4) is 5.75 Å². The van der Waals surface area contributed by atoms with Gasteiger partial charge in [0.1, 0.15) is 5.75 Å². The number of benzene rings is 2. The van der Waals surface area contributed by atoms with Crippen LogP contribution in [0.15, 0.2) is 56.5 Å². The van der Waals surface area contributed by atoms with Crippen molar-refractivity contribution in [1.82, 2.24) is 4.57 Å². The Kier molecular flexibility index (Phi) is 4.71. The first-order valence-corrected chi connectivity index (χ1v) is 7.96. The molecule has 1 heterocycles. The molecule has 0 saturated carbocycles. The summed E-state index contributed by atoms with van der Waals surface area (Å²) in [5.41, 5.74) is 0.840. The van der Waals surface area contributed by atoms with Crippen molar-refractivity contribution in [2.24, 2.45) is 0 Å². The van der Waals surface area contributed by atoms with Crippen molar-refractivity contribution in [3.63, 3.8) is 0 Å². The van der Waals surface area contributed by atoms with Gasteiger partial charge in [-0.3, -0.25) is 4.57 Å². The highest BCUT2D eigenvalue weighted by Gasteiger charge is 2.12. The molecule has 2 aromatic carbocycles. The van der Waals surface area contributed by atoms with Gasteiger partial charge in [-0.05, 0) is 43.2 Å². The Balaban J connectivity index is 1.78. The smallest absolute Gasteiger partial charge is 0.422 e. The normalized spacial score (nSPS) is 10.9. The molecular formula is C18H16ClNO4. The fraction of sp³-hybridized carbons (Fsp3) is 0.222. The van der Waals surface area contributed by atoms with Crippen LogP contribution in [0.25, 0.3) is 10.9 Å². The third-order valence-electron chi connectivity index (χ3n) is 3.66. The van der Waals surface area contributed by atoms with Crippen molar-refractivity contribution in [3.05, 3.63) is 74.0 Å². The SMILES string of the molecule is Cc1cccc(OCCCn2c(=O)oc(=O)c3cccc(Cl)c32)c1. The molecule has 0 unspecified atom stereocenters. The lowest BCUT2D eigenvalue weighted by Gasteiger charge is -2.10. The largest absolute Gasteiger partial charge is 0.494 e. The third-order valence-corrected chi connectivity index (χ3v) is 3.97. The summed E-state index contributed by atoms with van der Waals surface area (Å²) in [5, 5.41) is 0.638. The van der Waals surface area contributed by atoms with E-state index in [1.807, 2.05) is 31.2 Å². The highest BCUT2D eigenvalue weighted by atomic mass is 35.5. The van der Waals surface area contributed by atoms with Crippen LogP contribution in [-0.4, -0.2) is 11.2 Å². The molecule has 3 aromatic rings. The second-order valence-electron chi connectivity index (χ2n) is 5.46. The average molecular weight is 346 g/mol. The van der Waals surface area contributed by atoms with Crippen LogP contribution in [0.4, 0.5) is 0 Å². The molecule has 0 spiro atoms. The zero-order valence-corrected chi connectivity index (χ0v) is 13.9. The fourth-order valence-corrected chi connectivity index (χ4v) is 2.83. The lowest BCUT2D eigenvalue weighted by atomic mass is 10.2. The quantitative estimate of drug-likeness (QED) is 0.665. The highest BCUT2D eigenvalue weighted by molar-refractivity contribution is 6.35. The van der Waals surface area contributed by atoms with Gasteiger partial charge in [0.25, 0.3) is 0 Å². The molecule has 3 rings (SSSR count). The molecular weight excluding hydrogens is 330 g/mol. The molecule has 124 valence electrons. The van der Waals surface area contributed by atoms with E-state index >= 15 is 0 Å². The second-order valence-corrected chi connectivity index (χ2v) is 5.87. The molecule has 0 atom stereocenters. The molecule has 6 heteroatoms. The number of aromatic nitrogens is 1. The molecule has 0 fully saturated rings. The molecule has 0 bridgehead atoms. The van der Waals surface area contributed by atoms with E-state index in [2.05, 4.69) is 0 Å². The van der Waals surface area contributed by atoms with Crippen LogP contribution in [-0.2, 0) is 6.54 Å². The monoisotopic (exact) mass is 345 g/mol. The predicted octanol–water partition coefficient (Wildman–Crippen LogP) is 3.39. The summed E-state index contributed by atoms with van der Waals surface area (Å²) in [5.74, 6) is 0.0704. The molecule has 0 aliphatic carbocycles. The Morgan fingerprint density at radius 2 is 1.96 bits per heavy atom. The number of rotatable bonds is 5. The Morgan fingerprint density at radius 3 is 2.75 bits per heavy atom. The number of hydrogen-bond acceptors (Lipinski definition) is 4. The topological polar surface area (TPSA) is 61.4 Å². The fourth-order valence-electron chi connectivity index (χ4n) is 2.56. The number of halogens is 1. The summed E-state index contributed by atoms with van der Waals surface area (Å²) < 4.78 is 11.8. The van der Waals surface area contributed by atoms with Gasteiger partial charge in [0, 0.05) is 6.54 Å². The average Bonchev–Trinajstić information content (AvgIpc) is 2.54. The van der Waals surface area contributed by atoms with Crippen LogP contribution in [0, 0.1) is 6.92 Å². The number of nitrogens with zero attached hydrogens (tertiary/aromatic N) is 1. The minimum Gasteiger partial charge on any atom is -0.494 e. The predicted molar refractivity (Wildman–Crippen MR) is 93.0 cm³/mol. The highest BCUT2D eigenvalue weighted by Crippen LogP contribution is 2.20. The van der Waals surface area contributed by atoms with Gasteiger partial charge >= 0.3 is 11.4 Å². The van der Waals surface area contributed by atoms with Gasteiger partial charge in [0.15, 0.2) is 0 Å². The van der Waals surface area contributed by atoms with Gasteiger partial charge in [-0.25, -0.2) is 9.59 Å². The molecule has 24 heavy (non-hydrogen) atoms. The van der Waals surface area contributed by atoms with Gasteiger partial charge in [0.05, 0.1) is 22.5 Å². The first-order valence-electron chi connectivity index (χ1n) is 7.58. The van der Waals surface area contributed by atoms with Gasteiger partial charge in [0.2, 0.25) is 0 Å². The Hall–Kier alpha value is -2.53. The van der Waals surface area contributed by atoms with Crippen molar-refractivity contribution in [2.45, 2.75) is 19.9 Å². The standard InChI is InChI=1S/C18H16ClNO4/c1-12-5-2-6-13(11-12)23-10-4-9-20-16-14(7-3-8-15(16)19)17(21)24-18(20)22/h2-3,5-8,11H,4,9-10H2,1H3. The van der Waals surface area contributed by atoms with Crippen molar-refractivity contribution in [2.75, 3.05) is 6.61 Å². The van der Waals surface area contributed by atoms with Gasteiger partial charge < -0.3 is 9.15 Å². The summed E-state index contributed by atoms with van der Waals surface area (Å²) in [6, 6.07) is 12.6. The number of ether oxygens (including phenoxy) is 1. The van der Waals surface area contributed by atoms with Gasteiger partial charge in [-0.1, -0.05) is 29.8 Å². The van der Waals surface area contributed by atoms with Crippen LogP contribution in [0.3, 0.4) is 0 Å². The minimum absolute atomic E-state index is 0.293. The lowest BCUT2D eigenvalue weighted by Crippen LogP contribution is -2.26. The van der Waals surface area contributed by atoms with Crippen molar-refractivity contribution < 1.29 is 9.15 Å². The summed E-state index contributed by atoms with van der Waals surface area (Å²) in [6.45, 7) is 2.77. The molecule has 0 amide bonds. The van der Waals surface area contributed by atoms with E-state index in [1.165, 1.54) is 4.57 Å². The number of hydrogen-bond donors (Lipinski definition) is 0. The van der Waals surface area contributed by atoms with E-state index in [0.29, 0.717) is 35.5 Å². The van der Waals surface area contributed by atoms with Gasteiger partial charge in [-0.2, -0.15) is 0 Å². The van der Waals surface area contributed by atoms with E-state index in [1.54, 1.807) is 18.2 Å². The Bertz CT molecular complexity index is 990. The zero-order valence-electron chi connectivity index (χ0n) is 13.1. The number of fused-ring (bicyclic) bond motifs is 1. The maximum atomic E-state index is 12.0. The van der Waals surface area contributed by atoms with E-state index in [-0.39, 0.29) is 0 Å². The van der Waals surface area contributed by atoms with Crippen LogP contribution in [0.1, 0.15) is 12.0 Å². The van der Waals surface area contributed by atoms with Crippen LogP contribution in [0.2, 0.25) is 5.02 Å². The summed E-state index contributed by atoms with van der Waals surface area (Å²) in [6.07, 6.45) is 0.571. The number of aryl methyl sites for hydroxylation is 2. The molecule has 0 aliphatic heterocycles. The second kappa shape index (κ2) is 6.93. The van der Waals surface area contributed by atoms with E-state index in [9.17, 15) is 9.59 Å². The summed E-state index contributed by atoms with van der Waals surface area (Å²) >= 11 is 6.16. The maximum Gasteiger partial charge on any atom is 0.422 e. The van der Waals surface area contributed by atoms with Crippen LogP contribution >= 0.6 is 11.6 Å². The van der Waals surface area contributed by atoms with Crippen molar-refractivity contribution in [1.29, 1.82) is 0 Å². The van der Waals surface area contributed by atoms with Crippen LogP contribution < -0.4 is 16.1 Å². The Labute approximate surface area is 143 Å². The minimum atomic E-state index is -0.712. The van der Waals surface area contributed by atoms with E-state index in [4.69, 9.17) is 20.8 Å². The zero-order chi connectivity index (χ0) is 17.1. The summed E-state index contributed by atoms with van der Waals surface area (Å²) in [7, 11) is 0. The first-order chi connectivity index (χ1) is 11.6. The first kappa shape index (κ1) is 16.3. The maximum absolute atomic E-state index is 12.0. The van der Waals surface area contributed by atoms with Crippen molar-refractivity contribution >= 4 is 22.5 Å². The third kappa shape index (κ3) is 3.36. The lowest BCUT2D eigenvalue weighted by molar-refractivity contribution is 0.296. The van der Waals surface area contributed by atoms with Gasteiger partial charge in [-0.15, -0.1) is 0 Å². The number of para-hydroxylation sites is 1. The van der Waals surface area contributed by atoms with Crippen LogP contribution in [0.5, 0.6) is 5.75 Å². The molecule has 1 aromatic heterocycles. The molecule has 0 aliphatic rings. The van der Waals surface area contributed by atoms with E-state index < -0.39 is 11.4 Å².